The van der Waals surface area contributed by atoms with Gasteiger partial charge in [0.2, 0.25) is 0 Å². The van der Waals surface area contributed by atoms with Gasteiger partial charge in [-0.3, -0.25) is 10.1 Å². The lowest BCUT2D eigenvalue weighted by atomic mass is 10.0. The van der Waals surface area contributed by atoms with Crippen LogP contribution < -0.4 is 10.2 Å². The van der Waals surface area contributed by atoms with E-state index in [1.54, 1.807) is 13.0 Å². The fourth-order valence-corrected chi connectivity index (χ4v) is 2.35. The van der Waals surface area contributed by atoms with E-state index in [1.165, 1.54) is 0 Å². The first-order valence-corrected chi connectivity index (χ1v) is 6.14. The minimum atomic E-state index is -0.313. The van der Waals surface area contributed by atoms with E-state index in [0.717, 1.165) is 25.3 Å². The maximum absolute atomic E-state index is 11.0. The summed E-state index contributed by atoms with van der Waals surface area (Å²) in [5, 5.41) is 14.4. The highest BCUT2D eigenvalue weighted by molar-refractivity contribution is 5.57. The molecule has 2 rings (SSSR count). The van der Waals surface area contributed by atoms with Crippen molar-refractivity contribution in [2.24, 2.45) is 0 Å². The van der Waals surface area contributed by atoms with Gasteiger partial charge in [-0.15, -0.1) is 0 Å². The fraction of sp³-hybridized carbons (Fsp3) is 0.538. The van der Waals surface area contributed by atoms with E-state index in [-0.39, 0.29) is 16.1 Å². The van der Waals surface area contributed by atoms with Crippen molar-refractivity contribution in [3.63, 3.8) is 0 Å². The Balaban J connectivity index is 2.28. The Morgan fingerprint density at radius 1 is 1.44 bits per heavy atom. The molecule has 0 spiro atoms. The van der Waals surface area contributed by atoms with Crippen molar-refractivity contribution in [2.45, 2.75) is 26.3 Å². The molecule has 98 valence electrons. The second kappa shape index (κ2) is 4.57. The topological polar surface area (TPSA) is 58.4 Å². The average molecular weight is 249 g/mol. The van der Waals surface area contributed by atoms with Gasteiger partial charge in [0, 0.05) is 42.5 Å². The third kappa shape index (κ3) is 2.61. The standard InChI is InChI=1S/C13H19N3O2/c1-10-4-5-11(8-12(10)16(17)18)15-7-6-14-13(2,3)9-15/h4-5,8,14H,6-7,9H2,1-3H3. The molecule has 1 aromatic carbocycles. The van der Waals surface area contributed by atoms with Gasteiger partial charge in [0.05, 0.1) is 4.92 Å². The van der Waals surface area contributed by atoms with Crippen LogP contribution in [0.5, 0.6) is 0 Å². The van der Waals surface area contributed by atoms with Crippen LogP contribution in [0.25, 0.3) is 0 Å². The zero-order chi connectivity index (χ0) is 13.3. The van der Waals surface area contributed by atoms with Crippen molar-refractivity contribution >= 4 is 11.4 Å². The quantitative estimate of drug-likeness (QED) is 0.644. The Hall–Kier alpha value is -1.62. The lowest BCUT2D eigenvalue weighted by Gasteiger charge is -2.40. The number of anilines is 1. The highest BCUT2D eigenvalue weighted by Crippen LogP contribution is 2.26. The van der Waals surface area contributed by atoms with Gasteiger partial charge >= 0.3 is 0 Å². The summed E-state index contributed by atoms with van der Waals surface area (Å²) in [7, 11) is 0. The Morgan fingerprint density at radius 3 is 2.78 bits per heavy atom. The summed E-state index contributed by atoms with van der Waals surface area (Å²) < 4.78 is 0. The highest BCUT2D eigenvalue weighted by Gasteiger charge is 2.26. The van der Waals surface area contributed by atoms with Crippen LogP contribution in [0.4, 0.5) is 11.4 Å². The van der Waals surface area contributed by atoms with Gasteiger partial charge in [0.15, 0.2) is 0 Å². The van der Waals surface area contributed by atoms with Crippen LogP contribution in [0.1, 0.15) is 19.4 Å². The molecule has 0 radical (unpaired) electrons. The largest absolute Gasteiger partial charge is 0.368 e. The number of nitro benzene ring substituents is 1. The molecule has 0 aromatic heterocycles. The smallest absolute Gasteiger partial charge is 0.274 e. The minimum Gasteiger partial charge on any atom is -0.368 e. The molecule has 0 amide bonds. The summed E-state index contributed by atoms with van der Waals surface area (Å²) in [4.78, 5) is 12.8. The van der Waals surface area contributed by atoms with Crippen molar-refractivity contribution in [3.05, 3.63) is 33.9 Å². The van der Waals surface area contributed by atoms with E-state index in [0.29, 0.717) is 5.56 Å². The average Bonchev–Trinajstić information content (AvgIpc) is 2.27. The van der Waals surface area contributed by atoms with Crippen molar-refractivity contribution in [2.75, 3.05) is 24.5 Å². The number of hydrogen-bond donors (Lipinski definition) is 1. The van der Waals surface area contributed by atoms with Crippen molar-refractivity contribution in [1.82, 2.24) is 5.32 Å². The molecule has 1 aliphatic heterocycles. The second-order valence-electron chi connectivity index (χ2n) is 5.46. The molecule has 0 saturated carbocycles. The molecule has 0 atom stereocenters. The summed E-state index contributed by atoms with van der Waals surface area (Å²) in [6.45, 7) is 8.68. The molecule has 1 N–H and O–H groups in total. The summed E-state index contributed by atoms with van der Waals surface area (Å²) in [6, 6.07) is 5.46. The van der Waals surface area contributed by atoms with Crippen LogP contribution in [-0.4, -0.2) is 30.1 Å². The molecule has 1 heterocycles. The third-order valence-corrected chi connectivity index (χ3v) is 3.33. The van der Waals surface area contributed by atoms with Gasteiger partial charge in [-0.1, -0.05) is 6.07 Å². The molecule has 18 heavy (non-hydrogen) atoms. The second-order valence-corrected chi connectivity index (χ2v) is 5.46. The fourth-order valence-electron chi connectivity index (χ4n) is 2.35. The first-order chi connectivity index (χ1) is 8.39. The van der Waals surface area contributed by atoms with E-state index in [4.69, 9.17) is 0 Å². The zero-order valence-corrected chi connectivity index (χ0v) is 11.1. The lowest BCUT2D eigenvalue weighted by Crippen LogP contribution is -2.57. The van der Waals surface area contributed by atoms with E-state index >= 15 is 0 Å². The predicted octanol–water partition coefficient (Wildman–Crippen LogP) is 2.09. The van der Waals surface area contributed by atoms with Gasteiger partial charge in [0.1, 0.15) is 0 Å². The van der Waals surface area contributed by atoms with Crippen LogP contribution >= 0.6 is 0 Å². The molecule has 0 aliphatic carbocycles. The summed E-state index contributed by atoms with van der Waals surface area (Å²) in [5.74, 6) is 0. The van der Waals surface area contributed by atoms with Gasteiger partial charge in [-0.05, 0) is 26.8 Å². The number of rotatable bonds is 2. The third-order valence-electron chi connectivity index (χ3n) is 3.33. The molecule has 1 aromatic rings. The summed E-state index contributed by atoms with van der Waals surface area (Å²) >= 11 is 0. The van der Waals surface area contributed by atoms with Crippen LogP contribution in [0, 0.1) is 17.0 Å². The molecular formula is C13H19N3O2. The number of nitrogens with zero attached hydrogens (tertiary/aromatic N) is 2. The van der Waals surface area contributed by atoms with Crippen molar-refractivity contribution in [1.29, 1.82) is 0 Å². The van der Waals surface area contributed by atoms with Gasteiger partial charge in [-0.25, -0.2) is 0 Å². The number of nitrogens with one attached hydrogen (secondary N) is 1. The molecule has 5 nitrogen and oxygen atoms in total. The molecule has 0 unspecified atom stereocenters. The SMILES string of the molecule is Cc1ccc(N2CCNC(C)(C)C2)cc1[N+](=O)[O-]. The molecule has 5 heteroatoms. The Kier molecular flexibility index (Phi) is 3.26. The van der Waals surface area contributed by atoms with Crippen LogP contribution in [0.3, 0.4) is 0 Å². The van der Waals surface area contributed by atoms with Crippen LogP contribution in [0.2, 0.25) is 0 Å². The number of aryl methyl sites for hydroxylation is 1. The summed E-state index contributed by atoms with van der Waals surface area (Å²) in [5.41, 5.74) is 1.88. The van der Waals surface area contributed by atoms with E-state index in [2.05, 4.69) is 24.1 Å². The number of piperazine rings is 1. The lowest BCUT2D eigenvalue weighted by molar-refractivity contribution is -0.385. The monoisotopic (exact) mass is 249 g/mol. The van der Waals surface area contributed by atoms with Crippen molar-refractivity contribution < 1.29 is 4.92 Å². The van der Waals surface area contributed by atoms with Crippen LogP contribution in [0.15, 0.2) is 18.2 Å². The first-order valence-electron chi connectivity index (χ1n) is 6.14. The van der Waals surface area contributed by atoms with Crippen molar-refractivity contribution in [3.8, 4) is 0 Å². The zero-order valence-electron chi connectivity index (χ0n) is 11.1. The molecular weight excluding hydrogens is 230 g/mol. The normalized spacial score (nSPS) is 18.7. The van der Waals surface area contributed by atoms with E-state index < -0.39 is 0 Å². The Bertz CT molecular complexity index is 471. The van der Waals surface area contributed by atoms with Gasteiger partial charge in [-0.2, -0.15) is 0 Å². The molecule has 0 bridgehead atoms. The summed E-state index contributed by atoms with van der Waals surface area (Å²) in [6.07, 6.45) is 0. The van der Waals surface area contributed by atoms with Gasteiger partial charge in [0.25, 0.3) is 5.69 Å². The van der Waals surface area contributed by atoms with Gasteiger partial charge < -0.3 is 10.2 Å². The predicted molar refractivity (Wildman–Crippen MR) is 72.1 cm³/mol. The number of nitro groups is 1. The molecule has 1 fully saturated rings. The highest BCUT2D eigenvalue weighted by atomic mass is 16.6. The molecule has 1 saturated heterocycles. The van der Waals surface area contributed by atoms with E-state index in [1.807, 2.05) is 12.1 Å². The van der Waals surface area contributed by atoms with Crippen LogP contribution in [-0.2, 0) is 0 Å². The Morgan fingerprint density at radius 2 is 2.17 bits per heavy atom. The minimum absolute atomic E-state index is 0.0396. The molecule has 1 aliphatic rings. The maximum atomic E-state index is 11.0. The Labute approximate surface area is 107 Å². The van der Waals surface area contributed by atoms with E-state index in [9.17, 15) is 10.1 Å². The number of benzene rings is 1. The maximum Gasteiger partial charge on any atom is 0.274 e. The number of hydrogen-bond acceptors (Lipinski definition) is 4. The first kappa shape index (κ1) is 12.8.